The van der Waals surface area contributed by atoms with Gasteiger partial charge in [-0.2, -0.15) is 0 Å². The highest BCUT2D eigenvalue weighted by Crippen LogP contribution is 2.27. The molecule has 0 aliphatic rings. The summed E-state index contributed by atoms with van der Waals surface area (Å²) in [5.41, 5.74) is 11.3. The second-order valence-electron chi connectivity index (χ2n) is 4.13. The molecule has 2 nitrogen and oxygen atoms in total. The second kappa shape index (κ2) is 4.96. The number of anilines is 3. The van der Waals surface area contributed by atoms with E-state index < -0.39 is 0 Å². The molecule has 3 N–H and O–H groups in total. The molecule has 0 radical (unpaired) electrons. The van der Waals surface area contributed by atoms with Gasteiger partial charge in [-0.25, -0.2) is 0 Å². The van der Waals surface area contributed by atoms with Gasteiger partial charge in [0.2, 0.25) is 0 Å². The first-order valence-corrected chi connectivity index (χ1v) is 6.54. The number of nitrogens with two attached hydrogens (primary N) is 1. The van der Waals surface area contributed by atoms with Gasteiger partial charge in [0, 0.05) is 9.26 Å². The average molecular weight is 338 g/mol. The van der Waals surface area contributed by atoms with E-state index in [-0.39, 0.29) is 0 Å². The van der Waals surface area contributed by atoms with Crippen LogP contribution in [0.15, 0.2) is 36.4 Å². The molecule has 3 heteroatoms. The van der Waals surface area contributed by atoms with E-state index >= 15 is 0 Å². The summed E-state index contributed by atoms with van der Waals surface area (Å²) in [4.78, 5) is 0. The Labute approximate surface area is 115 Å². The van der Waals surface area contributed by atoms with Crippen molar-refractivity contribution in [2.24, 2.45) is 0 Å². The normalized spacial score (nSPS) is 10.3. The molecule has 2 aromatic carbocycles. The zero-order chi connectivity index (χ0) is 12.4. The van der Waals surface area contributed by atoms with Crippen molar-refractivity contribution in [1.82, 2.24) is 0 Å². The molecule has 0 saturated carbocycles. The molecule has 0 heterocycles. The summed E-state index contributed by atoms with van der Waals surface area (Å²) in [5, 5.41) is 3.35. The summed E-state index contributed by atoms with van der Waals surface area (Å²) in [5.74, 6) is 0. The van der Waals surface area contributed by atoms with Gasteiger partial charge in [0.1, 0.15) is 0 Å². The van der Waals surface area contributed by atoms with Gasteiger partial charge in [-0.1, -0.05) is 18.2 Å². The van der Waals surface area contributed by atoms with Crippen molar-refractivity contribution >= 4 is 39.7 Å². The smallest absolute Gasteiger partial charge is 0.0620 e. The van der Waals surface area contributed by atoms with Crippen LogP contribution >= 0.6 is 22.6 Å². The SMILES string of the molecule is Cc1ccc(Nc2cccc(C)c2N)cc1I. The van der Waals surface area contributed by atoms with Crippen molar-refractivity contribution in [3.63, 3.8) is 0 Å². The maximum absolute atomic E-state index is 6.03. The minimum atomic E-state index is 0.808. The number of nitrogen functional groups attached to an aromatic ring is 1. The minimum absolute atomic E-state index is 0.808. The van der Waals surface area contributed by atoms with E-state index in [9.17, 15) is 0 Å². The van der Waals surface area contributed by atoms with E-state index in [4.69, 9.17) is 5.73 Å². The summed E-state index contributed by atoms with van der Waals surface area (Å²) in [6, 6.07) is 12.3. The Hall–Kier alpha value is -1.23. The van der Waals surface area contributed by atoms with Crippen LogP contribution in [0.4, 0.5) is 17.1 Å². The predicted molar refractivity (Wildman–Crippen MR) is 82.8 cm³/mol. The van der Waals surface area contributed by atoms with Crippen LogP contribution in [-0.4, -0.2) is 0 Å². The van der Waals surface area contributed by atoms with E-state index in [0.29, 0.717) is 0 Å². The fourth-order valence-electron chi connectivity index (χ4n) is 1.62. The molecule has 0 aliphatic heterocycles. The Kier molecular flexibility index (Phi) is 3.57. The molecule has 2 rings (SSSR count). The van der Waals surface area contributed by atoms with Gasteiger partial charge in [-0.15, -0.1) is 0 Å². The Bertz CT molecular complexity index is 550. The van der Waals surface area contributed by atoms with Crippen LogP contribution in [0.2, 0.25) is 0 Å². The standard InChI is InChI=1S/C14H15IN2/c1-9-6-7-11(8-12(9)15)17-13-5-3-4-10(2)14(13)16/h3-8,17H,16H2,1-2H3. The van der Waals surface area contributed by atoms with Crippen molar-refractivity contribution < 1.29 is 0 Å². The molecular formula is C14H15IN2. The quantitative estimate of drug-likeness (QED) is 0.635. The monoisotopic (exact) mass is 338 g/mol. The average Bonchev–Trinajstić information content (AvgIpc) is 2.30. The maximum atomic E-state index is 6.03. The third-order valence-electron chi connectivity index (χ3n) is 2.77. The molecule has 0 aromatic heterocycles. The maximum Gasteiger partial charge on any atom is 0.0620 e. The first-order chi connectivity index (χ1) is 8.08. The van der Waals surface area contributed by atoms with Crippen molar-refractivity contribution in [3.05, 3.63) is 51.1 Å². The Morgan fingerprint density at radius 2 is 1.82 bits per heavy atom. The first kappa shape index (κ1) is 12.2. The number of para-hydroxylation sites is 1. The summed E-state index contributed by atoms with van der Waals surface area (Å²) in [7, 11) is 0. The van der Waals surface area contributed by atoms with Gasteiger partial charge in [-0.05, 0) is 65.8 Å². The van der Waals surface area contributed by atoms with Crippen LogP contribution in [0.1, 0.15) is 11.1 Å². The van der Waals surface area contributed by atoms with E-state index in [1.54, 1.807) is 0 Å². The van der Waals surface area contributed by atoms with Crippen molar-refractivity contribution in [1.29, 1.82) is 0 Å². The van der Waals surface area contributed by atoms with E-state index in [1.807, 2.05) is 25.1 Å². The van der Waals surface area contributed by atoms with Gasteiger partial charge < -0.3 is 11.1 Å². The second-order valence-corrected chi connectivity index (χ2v) is 5.29. The summed E-state index contributed by atoms with van der Waals surface area (Å²) < 4.78 is 1.25. The van der Waals surface area contributed by atoms with Crippen LogP contribution < -0.4 is 11.1 Å². The highest BCUT2D eigenvalue weighted by Gasteiger charge is 2.03. The highest BCUT2D eigenvalue weighted by atomic mass is 127. The fourth-order valence-corrected chi connectivity index (χ4v) is 2.13. The zero-order valence-electron chi connectivity index (χ0n) is 9.92. The number of hydrogen-bond acceptors (Lipinski definition) is 2. The Balaban J connectivity index is 2.31. The molecule has 0 fully saturated rings. The number of aryl methyl sites for hydroxylation is 2. The number of hydrogen-bond donors (Lipinski definition) is 2. The van der Waals surface area contributed by atoms with Gasteiger partial charge in [0.05, 0.1) is 11.4 Å². The third-order valence-corrected chi connectivity index (χ3v) is 3.94. The lowest BCUT2D eigenvalue weighted by Crippen LogP contribution is -1.98. The number of rotatable bonds is 2. The zero-order valence-corrected chi connectivity index (χ0v) is 12.1. The Morgan fingerprint density at radius 3 is 2.53 bits per heavy atom. The van der Waals surface area contributed by atoms with E-state index in [2.05, 4.69) is 53.0 Å². The van der Waals surface area contributed by atoms with Crippen molar-refractivity contribution in [2.45, 2.75) is 13.8 Å². The van der Waals surface area contributed by atoms with Crippen LogP contribution in [0.25, 0.3) is 0 Å². The van der Waals surface area contributed by atoms with Gasteiger partial charge in [0.25, 0.3) is 0 Å². The third kappa shape index (κ3) is 2.72. The van der Waals surface area contributed by atoms with Crippen molar-refractivity contribution in [3.8, 4) is 0 Å². The molecule has 0 atom stereocenters. The largest absolute Gasteiger partial charge is 0.397 e. The molecule has 17 heavy (non-hydrogen) atoms. The highest BCUT2D eigenvalue weighted by molar-refractivity contribution is 14.1. The molecule has 88 valence electrons. The topological polar surface area (TPSA) is 38.0 Å². The molecule has 0 spiro atoms. The number of benzene rings is 2. The number of halogens is 1. The predicted octanol–water partition coefficient (Wildman–Crippen LogP) is 4.23. The van der Waals surface area contributed by atoms with Crippen LogP contribution in [0.5, 0.6) is 0 Å². The molecule has 0 aliphatic carbocycles. The van der Waals surface area contributed by atoms with Gasteiger partial charge in [0.15, 0.2) is 0 Å². The lowest BCUT2D eigenvalue weighted by Gasteiger charge is -2.12. The summed E-state index contributed by atoms with van der Waals surface area (Å²) in [6.45, 7) is 4.12. The molecule has 0 unspecified atom stereocenters. The van der Waals surface area contributed by atoms with Gasteiger partial charge in [-0.3, -0.25) is 0 Å². The van der Waals surface area contributed by atoms with Gasteiger partial charge >= 0.3 is 0 Å². The van der Waals surface area contributed by atoms with Crippen LogP contribution in [0.3, 0.4) is 0 Å². The first-order valence-electron chi connectivity index (χ1n) is 5.46. The molecular weight excluding hydrogens is 323 g/mol. The summed E-state index contributed by atoms with van der Waals surface area (Å²) >= 11 is 2.34. The minimum Gasteiger partial charge on any atom is -0.397 e. The van der Waals surface area contributed by atoms with Crippen LogP contribution in [-0.2, 0) is 0 Å². The molecule has 2 aromatic rings. The lowest BCUT2D eigenvalue weighted by molar-refractivity contribution is 1.40. The van der Waals surface area contributed by atoms with E-state index in [0.717, 1.165) is 22.6 Å². The molecule has 0 amide bonds. The van der Waals surface area contributed by atoms with Crippen molar-refractivity contribution in [2.75, 3.05) is 11.1 Å². The van der Waals surface area contributed by atoms with E-state index in [1.165, 1.54) is 9.13 Å². The summed E-state index contributed by atoms with van der Waals surface area (Å²) in [6.07, 6.45) is 0. The fraction of sp³-hybridized carbons (Fsp3) is 0.143. The van der Waals surface area contributed by atoms with Crippen LogP contribution in [0, 0.1) is 17.4 Å². The molecule has 0 saturated heterocycles. The Morgan fingerprint density at radius 1 is 1.06 bits per heavy atom. The lowest BCUT2D eigenvalue weighted by atomic mass is 10.1. The molecule has 0 bridgehead atoms. The number of nitrogens with one attached hydrogen (secondary N) is 1.